The zero-order valence-corrected chi connectivity index (χ0v) is 14.5. The second kappa shape index (κ2) is 5.91. The number of aryl methyl sites for hydroxylation is 1. The van der Waals surface area contributed by atoms with E-state index in [0.29, 0.717) is 23.3 Å². The van der Waals surface area contributed by atoms with Gasteiger partial charge in [0, 0.05) is 25.0 Å². The highest BCUT2D eigenvalue weighted by molar-refractivity contribution is 7.89. The number of rotatable bonds is 3. The summed E-state index contributed by atoms with van der Waals surface area (Å²) in [6, 6.07) is 11.1. The van der Waals surface area contributed by atoms with Crippen LogP contribution in [0.3, 0.4) is 0 Å². The van der Waals surface area contributed by atoms with Crippen LogP contribution in [0, 0.1) is 6.92 Å². The summed E-state index contributed by atoms with van der Waals surface area (Å²) in [5.41, 5.74) is 8.22. The standard InChI is InChI=1S/C17H18N4O3S/c1-11-14-7-13(8-19-17(14)24-20-11)25(22,23)21-9-15(16(18)10-21)12-5-3-2-4-6-12/h2-8,15-16H,9-10,18H2,1H3/t15-,16+/m0/s1. The van der Waals surface area contributed by atoms with E-state index in [9.17, 15) is 8.42 Å². The average molecular weight is 358 g/mol. The third-order valence-electron chi connectivity index (χ3n) is 4.68. The normalized spacial score (nSPS) is 21.8. The second-order valence-electron chi connectivity index (χ2n) is 6.29. The van der Waals surface area contributed by atoms with Gasteiger partial charge in [0.05, 0.1) is 17.3 Å². The van der Waals surface area contributed by atoms with Crippen molar-refractivity contribution in [3.05, 3.63) is 53.9 Å². The van der Waals surface area contributed by atoms with Crippen LogP contribution in [-0.4, -0.2) is 42.0 Å². The lowest BCUT2D eigenvalue weighted by molar-refractivity contribution is 0.442. The van der Waals surface area contributed by atoms with Crippen molar-refractivity contribution in [3.63, 3.8) is 0 Å². The zero-order valence-electron chi connectivity index (χ0n) is 13.7. The first kappa shape index (κ1) is 16.2. The summed E-state index contributed by atoms with van der Waals surface area (Å²) in [7, 11) is -3.68. The van der Waals surface area contributed by atoms with Crippen LogP contribution in [0.5, 0.6) is 0 Å². The number of nitrogens with two attached hydrogens (primary N) is 1. The van der Waals surface area contributed by atoms with Gasteiger partial charge in [-0.25, -0.2) is 13.4 Å². The molecule has 3 aromatic rings. The van der Waals surface area contributed by atoms with Gasteiger partial charge in [0.1, 0.15) is 4.90 Å². The molecule has 1 aliphatic rings. The van der Waals surface area contributed by atoms with Crippen LogP contribution >= 0.6 is 0 Å². The van der Waals surface area contributed by atoms with Crippen molar-refractivity contribution in [2.75, 3.05) is 13.1 Å². The SMILES string of the molecule is Cc1noc2ncc(S(=O)(=O)N3C[C@@H](N)[C@H](c4ccccc4)C3)cc12. The molecule has 0 saturated carbocycles. The Kier molecular flexibility index (Phi) is 3.82. The number of pyridine rings is 1. The van der Waals surface area contributed by atoms with Gasteiger partial charge in [0.2, 0.25) is 10.0 Å². The summed E-state index contributed by atoms with van der Waals surface area (Å²) in [6.07, 6.45) is 1.31. The molecule has 0 amide bonds. The minimum atomic E-state index is -3.68. The number of hydrogen-bond acceptors (Lipinski definition) is 6. The summed E-state index contributed by atoms with van der Waals surface area (Å²) >= 11 is 0. The fourth-order valence-corrected chi connectivity index (χ4v) is 4.73. The van der Waals surface area contributed by atoms with Gasteiger partial charge >= 0.3 is 0 Å². The molecule has 0 bridgehead atoms. The summed E-state index contributed by atoms with van der Waals surface area (Å²) in [5, 5.41) is 4.42. The van der Waals surface area contributed by atoms with Crippen molar-refractivity contribution in [1.29, 1.82) is 0 Å². The molecule has 7 nitrogen and oxygen atoms in total. The molecular weight excluding hydrogens is 340 g/mol. The third-order valence-corrected chi connectivity index (χ3v) is 6.48. The number of aromatic nitrogens is 2. The van der Waals surface area contributed by atoms with Crippen LogP contribution in [0.25, 0.3) is 11.1 Å². The summed E-state index contributed by atoms with van der Waals surface area (Å²) in [4.78, 5) is 4.20. The van der Waals surface area contributed by atoms with Gasteiger partial charge < -0.3 is 10.3 Å². The number of benzene rings is 1. The number of sulfonamides is 1. The lowest BCUT2D eigenvalue weighted by Crippen LogP contribution is -2.32. The van der Waals surface area contributed by atoms with Crippen LogP contribution in [0.1, 0.15) is 17.2 Å². The maximum atomic E-state index is 13.0. The molecule has 0 radical (unpaired) electrons. The highest BCUT2D eigenvalue weighted by atomic mass is 32.2. The van der Waals surface area contributed by atoms with Crippen molar-refractivity contribution in [1.82, 2.24) is 14.4 Å². The van der Waals surface area contributed by atoms with Gasteiger partial charge in [0.15, 0.2) is 0 Å². The zero-order chi connectivity index (χ0) is 17.6. The Morgan fingerprint density at radius 1 is 1.24 bits per heavy atom. The molecule has 2 N–H and O–H groups in total. The van der Waals surface area contributed by atoms with E-state index in [1.54, 1.807) is 13.0 Å². The summed E-state index contributed by atoms with van der Waals surface area (Å²) in [6.45, 7) is 2.39. The van der Waals surface area contributed by atoms with Crippen LogP contribution < -0.4 is 5.73 Å². The highest BCUT2D eigenvalue weighted by Crippen LogP contribution is 2.31. The van der Waals surface area contributed by atoms with Gasteiger partial charge in [-0.2, -0.15) is 4.31 Å². The Balaban J connectivity index is 1.67. The predicted octanol–water partition coefficient (Wildman–Crippen LogP) is 1.65. The van der Waals surface area contributed by atoms with Crippen molar-refractivity contribution >= 4 is 21.1 Å². The van der Waals surface area contributed by atoms with Crippen LogP contribution in [-0.2, 0) is 10.0 Å². The third kappa shape index (κ3) is 2.72. The van der Waals surface area contributed by atoms with E-state index in [1.165, 1.54) is 10.5 Å². The van der Waals surface area contributed by atoms with Gasteiger partial charge in [-0.1, -0.05) is 35.5 Å². The minimum absolute atomic E-state index is 0.0232. The molecule has 25 heavy (non-hydrogen) atoms. The van der Waals surface area contributed by atoms with Gasteiger partial charge in [-0.15, -0.1) is 0 Å². The monoisotopic (exact) mass is 358 g/mol. The minimum Gasteiger partial charge on any atom is -0.336 e. The molecule has 130 valence electrons. The van der Waals surface area contributed by atoms with Crippen molar-refractivity contribution in [2.45, 2.75) is 23.8 Å². The van der Waals surface area contributed by atoms with Crippen molar-refractivity contribution in [3.8, 4) is 0 Å². The Labute approximate surface area is 145 Å². The first-order valence-electron chi connectivity index (χ1n) is 7.99. The molecule has 1 saturated heterocycles. The largest absolute Gasteiger partial charge is 0.336 e. The lowest BCUT2D eigenvalue weighted by Gasteiger charge is -2.16. The van der Waals surface area contributed by atoms with E-state index >= 15 is 0 Å². The highest BCUT2D eigenvalue weighted by Gasteiger charge is 2.38. The molecule has 2 atom stereocenters. The lowest BCUT2D eigenvalue weighted by atomic mass is 9.95. The molecule has 8 heteroatoms. The number of fused-ring (bicyclic) bond motifs is 1. The van der Waals surface area contributed by atoms with Gasteiger partial charge in [-0.05, 0) is 18.6 Å². The van der Waals surface area contributed by atoms with Gasteiger partial charge in [0.25, 0.3) is 5.71 Å². The molecule has 3 heterocycles. The van der Waals surface area contributed by atoms with Gasteiger partial charge in [-0.3, -0.25) is 0 Å². The summed E-state index contributed by atoms with van der Waals surface area (Å²) in [5.74, 6) is -0.0232. The molecule has 2 aromatic heterocycles. The fraction of sp³-hybridized carbons (Fsp3) is 0.294. The molecule has 0 unspecified atom stereocenters. The number of nitrogens with zero attached hydrogens (tertiary/aromatic N) is 3. The quantitative estimate of drug-likeness (QED) is 0.764. The fourth-order valence-electron chi connectivity index (χ4n) is 3.26. The van der Waals surface area contributed by atoms with E-state index in [2.05, 4.69) is 10.1 Å². The molecule has 1 aliphatic heterocycles. The van der Waals surface area contributed by atoms with E-state index in [1.807, 2.05) is 30.3 Å². The van der Waals surface area contributed by atoms with E-state index in [4.69, 9.17) is 10.3 Å². The first-order chi connectivity index (χ1) is 12.0. The van der Waals surface area contributed by atoms with Crippen molar-refractivity contribution in [2.24, 2.45) is 5.73 Å². The Morgan fingerprint density at radius 2 is 2.00 bits per heavy atom. The van der Waals surface area contributed by atoms with Crippen LogP contribution in [0.2, 0.25) is 0 Å². The summed E-state index contributed by atoms with van der Waals surface area (Å²) < 4.78 is 32.5. The smallest absolute Gasteiger partial charge is 0.257 e. The number of hydrogen-bond donors (Lipinski definition) is 1. The maximum Gasteiger partial charge on any atom is 0.257 e. The molecule has 1 aromatic carbocycles. The molecule has 0 spiro atoms. The average Bonchev–Trinajstić information content (AvgIpc) is 3.19. The molecule has 1 fully saturated rings. The Hall–Kier alpha value is -2.29. The van der Waals surface area contributed by atoms with Crippen LogP contribution in [0.4, 0.5) is 0 Å². The predicted molar refractivity (Wildman–Crippen MR) is 92.5 cm³/mol. The Morgan fingerprint density at radius 3 is 2.76 bits per heavy atom. The molecule has 4 rings (SSSR count). The maximum absolute atomic E-state index is 13.0. The topological polar surface area (TPSA) is 102 Å². The molecule has 0 aliphatic carbocycles. The van der Waals surface area contributed by atoms with E-state index < -0.39 is 10.0 Å². The van der Waals surface area contributed by atoms with Crippen molar-refractivity contribution < 1.29 is 12.9 Å². The first-order valence-corrected chi connectivity index (χ1v) is 9.43. The Bertz CT molecular complexity index is 1020. The van der Waals surface area contributed by atoms with E-state index in [-0.39, 0.29) is 23.4 Å². The van der Waals surface area contributed by atoms with Crippen LogP contribution in [0.15, 0.2) is 52.0 Å². The molecular formula is C17H18N4O3S. The second-order valence-corrected chi connectivity index (χ2v) is 8.23. The van der Waals surface area contributed by atoms with E-state index in [0.717, 1.165) is 5.56 Å².